The highest BCUT2D eigenvalue weighted by molar-refractivity contribution is 7.99. The third-order valence-electron chi connectivity index (χ3n) is 4.53. The molecule has 2 fully saturated rings. The summed E-state index contributed by atoms with van der Waals surface area (Å²) in [5, 5.41) is 3.79. The van der Waals surface area contributed by atoms with Gasteiger partial charge < -0.3 is 10.2 Å². The lowest BCUT2D eigenvalue weighted by molar-refractivity contribution is 0.149. The summed E-state index contributed by atoms with van der Waals surface area (Å²) in [6, 6.07) is 0.698. The highest BCUT2D eigenvalue weighted by atomic mass is 32.2. The Bertz CT molecular complexity index is 249. The summed E-state index contributed by atoms with van der Waals surface area (Å²) >= 11 is 2.11. The quantitative estimate of drug-likeness (QED) is 0.832. The summed E-state index contributed by atoms with van der Waals surface area (Å²) in [7, 11) is 2.22. The molecule has 0 saturated carbocycles. The van der Waals surface area contributed by atoms with Crippen LogP contribution in [0.1, 0.15) is 20.3 Å². The number of nitrogens with one attached hydrogen (secondary N) is 1. The summed E-state index contributed by atoms with van der Waals surface area (Å²) in [6.07, 6.45) is 1.35. The molecule has 2 aliphatic heterocycles. The summed E-state index contributed by atoms with van der Waals surface area (Å²) in [6.45, 7) is 12.1. The number of nitrogens with zero attached hydrogens (tertiary/aromatic N) is 2. The normalized spacial score (nSPS) is 30.5. The first kappa shape index (κ1) is 14.6. The third-order valence-corrected chi connectivity index (χ3v) is 5.60. The van der Waals surface area contributed by atoms with Crippen molar-refractivity contribution in [2.75, 3.05) is 57.8 Å². The van der Waals surface area contributed by atoms with E-state index in [0.29, 0.717) is 11.5 Å². The van der Waals surface area contributed by atoms with Gasteiger partial charge in [-0.25, -0.2) is 0 Å². The molecule has 106 valence electrons. The summed E-state index contributed by atoms with van der Waals surface area (Å²) in [5.41, 5.74) is 0.480. The monoisotopic (exact) mass is 271 g/mol. The van der Waals surface area contributed by atoms with Gasteiger partial charge in [0.15, 0.2) is 0 Å². The van der Waals surface area contributed by atoms with Gasteiger partial charge in [0.2, 0.25) is 0 Å². The van der Waals surface area contributed by atoms with Gasteiger partial charge in [0, 0.05) is 51.1 Å². The van der Waals surface area contributed by atoms with Crippen LogP contribution in [-0.4, -0.2) is 73.7 Å². The fraction of sp³-hybridized carbons (Fsp3) is 1.00. The fourth-order valence-electron chi connectivity index (χ4n) is 2.74. The van der Waals surface area contributed by atoms with Crippen LogP contribution in [-0.2, 0) is 0 Å². The molecule has 1 atom stereocenters. The molecule has 0 aliphatic carbocycles. The van der Waals surface area contributed by atoms with E-state index < -0.39 is 0 Å². The number of hydrogen-bond acceptors (Lipinski definition) is 4. The van der Waals surface area contributed by atoms with E-state index in [1.54, 1.807) is 0 Å². The Balaban J connectivity index is 1.65. The molecule has 2 heterocycles. The first-order valence-electron chi connectivity index (χ1n) is 7.30. The van der Waals surface area contributed by atoms with Crippen LogP contribution in [0.15, 0.2) is 0 Å². The lowest BCUT2D eigenvalue weighted by Gasteiger charge is -2.39. The Hall–Kier alpha value is 0.230. The molecular weight excluding hydrogens is 242 g/mol. The van der Waals surface area contributed by atoms with Gasteiger partial charge in [-0.1, -0.05) is 13.8 Å². The molecule has 2 rings (SSSR count). The zero-order valence-electron chi connectivity index (χ0n) is 12.2. The number of likely N-dealkylation sites (N-methyl/N-ethyl adjacent to an activating group) is 1. The molecule has 0 spiro atoms. The van der Waals surface area contributed by atoms with Crippen molar-refractivity contribution in [2.24, 2.45) is 5.41 Å². The van der Waals surface area contributed by atoms with Crippen molar-refractivity contribution in [2.45, 2.75) is 26.3 Å². The van der Waals surface area contributed by atoms with E-state index in [2.05, 4.69) is 47.8 Å². The molecule has 0 bridgehead atoms. The molecule has 18 heavy (non-hydrogen) atoms. The minimum absolute atomic E-state index is 0.480. The van der Waals surface area contributed by atoms with E-state index >= 15 is 0 Å². The van der Waals surface area contributed by atoms with Crippen LogP contribution in [0.5, 0.6) is 0 Å². The number of thioether (sulfide) groups is 1. The molecule has 1 unspecified atom stereocenters. The zero-order chi connectivity index (χ0) is 13.0. The van der Waals surface area contributed by atoms with E-state index in [1.807, 2.05) is 0 Å². The van der Waals surface area contributed by atoms with Crippen molar-refractivity contribution in [3.8, 4) is 0 Å². The van der Waals surface area contributed by atoms with Crippen LogP contribution in [0.3, 0.4) is 0 Å². The first-order valence-corrected chi connectivity index (χ1v) is 8.45. The Labute approximate surface area is 117 Å². The molecular formula is C14H29N3S. The molecule has 3 nitrogen and oxygen atoms in total. The molecule has 4 heteroatoms. The average Bonchev–Trinajstić information content (AvgIpc) is 2.33. The average molecular weight is 271 g/mol. The standard InChI is InChI=1S/C14H29N3S/c1-14(2)4-11-18-12-13(14)15-5-6-17-9-7-16(3)8-10-17/h13,15H,4-12H2,1-3H3. The predicted molar refractivity (Wildman–Crippen MR) is 81.5 cm³/mol. The highest BCUT2D eigenvalue weighted by Crippen LogP contribution is 2.33. The largest absolute Gasteiger partial charge is 0.311 e. The van der Waals surface area contributed by atoms with Gasteiger partial charge in [-0.2, -0.15) is 11.8 Å². The molecule has 0 aromatic heterocycles. The lowest BCUT2D eigenvalue weighted by Crippen LogP contribution is -2.51. The Morgan fingerprint density at radius 2 is 1.94 bits per heavy atom. The maximum atomic E-state index is 3.79. The molecule has 2 aliphatic rings. The Kier molecular flexibility index (Phi) is 5.36. The van der Waals surface area contributed by atoms with Crippen LogP contribution in [0, 0.1) is 5.41 Å². The maximum Gasteiger partial charge on any atom is 0.0210 e. The molecule has 1 N–H and O–H groups in total. The molecule has 0 radical (unpaired) electrons. The van der Waals surface area contributed by atoms with Crippen LogP contribution in [0.2, 0.25) is 0 Å². The molecule has 0 amide bonds. The van der Waals surface area contributed by atoms with Crippen molar-refractivity contribution >= 4 is 11.8 Å². The van der Waals surface area contributed by atoms with E-state index in [1.165, 1.54) is 50.7 Å². The molecule has 0 aromatic carbocycles. The van der Waals surface area contributed by atoms with Crippen molar-refractivity contribution in [1.82, 2.24) is 15.1 Å². The van der Waals surface area contributed by atoms with Gasteiger partial charge in [-0.3, -0.25) is 4.90 Å². The Morgan fingerprint density at radius 3 is 2.61 bits per heavy atom. The Morgan fingerprint density at radius 1 is 1.22 bits per heavy atom. The molecule has 0 aromatic rings. The fourth-order valence-corrected chi connectivity index (χ4v) is 4.38. The van der Waals surface area contributed by atoms with Gasteiger partial charge in [-0.15, -0.1) is 0 Å². The first-order chi connectivity index (χ1) is 8.58. The van der Waals surface area contributed by atoms with Crippen molar-refractivity contribution in [1.29, 1.82) is 0 Å². The highest BCUT2D eigenvalue weighted by Gasteiger charge is 2.32. The van der Waals surface area contributed by atoms with Crippen LogP contribution < -0.4 is 5.32 Å². The third kappa shape index (κ3) is 4.12. The van der Waals surface area contributed by atoms with Crippen LogP contribution in [0.4, 0.5) is 0 Å². The molecule has 2 saturated heterocycles. The summed E-state index contributed by atoms with van der Waals surface area (Å²) in [4.78, 5) is 5.01. The second kappa shape index (κ2) is 6.60. The zero-order valence-corrected chi connectivity index (χ0v) is 13.1. The van der Waals surface area contributed by atoms with Crippen LogP contribution >= 0.6 is 11.8 Å². The second-order valence-corrected chi connectivity index (χ2v) is 7.61. The summed E-state index contributed by atoms with van der Waals surface area (Å²) < 4.78 is 0. The van der Waals surface area contributed by atoms with Gasteiger partial charge in [-0.05, 0) is 24.6 Å². The van der Waals surface area contributed by atoms with E-state index in [9.17, 15) is 0 Å². The van der Waals surface area contributed by atoms with E-state index in [-0.39, 0.29) is 0 Å². The van der Waals surface area contributed by atoms with Crippen molar-refractivity contribution in [3.63, 3.8) is 0 Å². The lowest BCUT2D eigenvalue weighted by atomic mass is 9.82. The van der Waals surface area contributed by atoms with Gasteiger partial charge in [0.25, 0.3) is 0 Å². The summed E-state index contributed by atoms with van der Waals surface area (Å²) in [5.74, 6) is 2.62. The number of piperazine rings is 1. The topological polar surface area (TPSA) is 18.5 Å². The van der Waals surface area contributed by atoms with Gasteiger partial charge >= 0.3 is 0 Å². The number of hydrogen-bond donors (Lipinski definition) is 1. The number of rotatable bonds is 4. The van der Waals surface area contributed by atoms with Crippen molar-refractivity contribution in [3.05, 3.63) is 0 Å². The van der Waals surface area contributed by atoms with Gasteiger partial charge in [0.1, 0.15) is 0 Å². The van der Waals surface area contributed by atoms with Crippen LogP contribution in [0.25, 0.3) is 0 Å². The van der Waals surface area contributed by atoms with E-state index in [4.69, 9.17) is 0 Å². The van der Waals surface area contributed by atoms with Gasteiger partial charge in [0.05, 0.1) is 0 Å². The van der Waals surface area contributed by atoms with E-state index in [0.717, 1.165) is 6.54 Å². The predicted octanol–water partition coefficient (Wildman–Crippen LogP) is 1.36. The minimum Gasteiger partial charge on any atom is -0.311 e. The van der Waals surface area contributed by atoms with Crippen molar-refractivity contribution < 1.29 is 0 Å². The minimum atomic E-state index is 0.480. The SMILES string of the molecule is CN1CCN(CCNC2CSCCC2(C)C)CC1. The smallest absolute Gasteiger partial charge is 0.0210 e. The second-order valence-electron chi connectivity index (χ2n) is 6.47. The maximum absolute atomic E-state index is 3.79.